The van der Waals surface area contributed by atoms with Crippen LogP contribution in [0, 0.1) is 5.92 Å². The largest absolute Gasteiger partial charge is 0.390 e. The van der Waals surface area contributed by atoms with E-state index in [2.05, 4.69) is 6.92 Å². The Bertz CT molecular complexity index is 398. The van der Waals surface area contributed by atoms with Gasteiger partial charge in [0.2, 0.25) is 0 Å². The Balaban J connectivity index is 2.01. The summed E-state index contributed by atoms with van der Waals surface area (Å²) < 4.78 is 12.0. The zero-order valence-electron chi connectivity index (χ0n) is 12.4. The smallest absolute Gasteiger partial charge is 0.132 e. The van der Waals surface area contributed by atoms with Gasteiger partial charge < -0.3 is 14.6 Å². The number of thioether (sulfide) groups is 1. The first-order chi connectivity index (χ1) is 9.63. The third-order valence-corrected chi connectivity index (χ3v) is 4.89. The molecular weight excluding hydrogens is 272 g/mol. The highest BCUT2D eigenvalue weighted by Crippen LogP contribution is 2.33. The van der Waals surface area contributed by atoms with Crippen LogP contribution < -0.4 is 0 Å². The maximum atomic E-state index is 10.5. The highest BCUT2D eigenvalue weighted by Gasteiger charge is 2.41. The lowest BCUT2D eigenvalue weighted by Crippen LogP contribution is -2.52. The Morgan fingerprint density at radius 1 is 1.25 bits per heavy atom. The van der Waals surface area contributed by atoms with Crippen molar-refractivity contribution in [2.45, 2.75) is 51.1 Å². The zero-order chi connectivity index (χ0) is 14.5. The summed E-state index contributed by atoms with van der Waals surface area (Å²) in [5.41, 5.74) is 1.02. The second-order valence-corrected chi connectivity index (χ2v) is 6.65. The van der Waals surface area contributed by atoms with E-state index in [9.17, 15) is 5.11 Å². The molecule has 0 radical (unpaired) electrons. The molecule has 1 aromatic rings. The lowest BCUT2D eigenvalue weighted by atomic mass is 9.92. The van der Waals surface area contributed by atoms with Crippen molar-refractivity contribution in [1.29, 1.82) is 0 Å². The first-order valence-corrected chi connectivity index (χ1v) is 8.29. The van der Waals surface area contributed by atoms with Crippen molar-refractivity contribution in [3.8, 4) is 0 Å². The molecule has 1 fully saturated rings. The van der Waals surface area contributed by atoms with Crippen LogP contribution in [0.15, 0.2) is 30.3 Å². The Kier molecular flexibility index (Phi) is 5.90. The number of ether oxygens (including phenoxy) is 2. The molecule has 1 saturated heterocycles. The van der Waals surface area contributed by atoms with Crippen LogP contribution in [-0.4, -0.2) is 34.6 Å². The van der Waals surface area contributed by atoms with E-state index in [0.717, 1.165) is 11.3 Å². The second-order valence-electron chi connectivity index (χ2n) is 5.28. The Morgan fingerprint density at radius 2 is 1.95 bits per heavy atom. The summed E-state index contributed by atoms with van der Waals surface area (Å²) >= 11 is 1.70. The molecule has 3 nitrogen and oxygen atoms in total. The van der Waals surface area contributed by atoms with E-state index in [1.807, 2.05) is 44.2 Å². The van der Waals surface area contributed by atoms with E-state index in [1.54, 1.807) is 11.8 Å². The van der Waals surface area contributed by atoms with Gasteiger partial charge in [0.05, 0.1) is 18.8 Å². The summed E-state index contributed by atoms with van der Waals surface area (Å²) in [6, 6.07) is 10.0. The van der Waals surface area contributed by atoms with Crippen molar-refractivity contribution in [3.05, 3.63) is 35.9 Å². The second kappa shape index (κ2) is 7.46. The molecule has 0 amide bonds. The van der Waals surface area contributed by atoms with Gasteiger partial charge in [0, 0.05) is 5.92 Å². The van der Waals surface area contributed by atoms with E-state index in [4.69, 9.17) is 9.47 Å². The van der Waals surface area contributed by atoms with Crippen molar-refractivity contribution in [1.82, 2.24) is 0 Å². The van der Waals surface area contributed by atoms with Crippen LogP contribution in [0.25, 0.3) is 0 Å². The zero-order valence-corrected chi connectivity index (χ0v) is 13.2. The molecule has 2 unspecified atom stereocenters. The average molecular weight is 296 g/mol. The predicted octanol–water partition coefficient (Wildman–Crippen LogP) is 3.07. The van der Waals surface area contributed by atoms with Gasteiger partial charge in [0.1, 0.15) is 11.5 Å². The summed E-state index contributed by atoms with van der Waals surface area (Å²) in [6.45, 7) is 6.64. The Labute approximate surface area is 125 Å². The van der Waals surface area contributed by atoms with Crippen LogP contribution >= 0.6 is 11.8 Å². The number of aliphatic hydroxyl groups excluding tert-OH is 1. The summed E-state index contributed by atoms with van der Waals surface area (Å²) in [4.78, 5) is 0. The fourth-order valence-corrected chi connectivity index (χ4v) is 3.40. The maximum absolute atomic E-state index is 10.5. The first-order valence-electron chi connectivity index (χ1n) is 7.24. The van der Waals surface area contributed by atoms with Crippen LogP contribution in [0.4, 0.5) is 0 Å². The van der Waals surface area contributed by atoms with Gasteiger partial charge in [-0.15, -0.1) is 11.8 Å². The molecule has 0 bridgehead atoms. The van der Waals surface area contributed by atoms with Crippen LogP contribution in [0.2, 0.25) is 0 Å². The molecule has 1 aliphatic heterocycles. The molecule has 0 aliphatic carbocycles. The first kappa shape index (κ1) is 15.8. The molecule has 1 heterocycles. The van der Waals surface area contributed by atoms with Gasteiger partial charge in [-0.25, -0.2) is 0 Å². The summed E-state index contributed by atoms with van der Waals surface area (Å²) in [6.07, 6.45) is -0.691. The SMILES string of the molecule is CCS[C@@H]1OC(C)[C@H](C)[C@H](O)C1OCc1ccccc1. The molecular formula is C16H24O3S. The van der Waals surface area contributed by atoms with Crippen LogP contribution in [-0.2, 0) is 16.1 Å². The van der Waals surface area contributed by atoms with Gasteiger partial charge in [-0.2, -0.15) is 0 Å². The minimum atomic E-state index is -0.480. The van der Waals surface area contributed by atoms with Crippen LogP contribution in [0.5, 0.6) is 0 Å². The van der Waals surface area contributed by atoms with Gasteiger partial charge >= 0.3 is 0 Å². The highest BCUT2D eigenvalue weighted by atomic mass is 32.2. The van der Waals surface area contributed by atoms with Crippen molar-refractivity contribution in [2.75, 3.05) is 5.75 Å². The van der Waals surface area contributed by atoms with Gasteiger partial charge in [-0.05, 0) is 18.2 Å². The standard InChI is InChI=1S/C16H24O3S/c1-4-20-16-15(14(17)11(2)12(3)19-16)18-10-13-8-6-5-7-9-13/h5-9,11-12,14-17H,4,10H2,1-3H3/t11-,12?,14-,15?,16-/m0/s1. The fraction of sp³-hybridized carbons (Fsp3) is 0.625. The van der Waals surface area contributed by atoms with E-state index in [1.165, 1.54) is 0 Å². The molecule has 1 aromatic carbocycles. The molecule has 1 N–H and O–H groups in total. The van der Waals surface area contributed by atoms with E-state index in [-0.39, 0.29) is 23.6 Å². The molecule has 1 aliphatic rings. The van der Waals surface area contributed by atoms with Crippen LogP contribution in [0.1, 0.15) is 26.3 Å². The van der Waals surface area contributed by atoms with Gasteiger partial charge in [0.15, 0.2) is 0 Å². The van der Waals surface area contributed by atoms with E-state index in [0.29, 0.717) is 6.61 Å². The minimum absolute atomic E-state index is 0.0608. The number of hydrogen-bond acceptors (Lipinski definition) is 4. The topological polar surface area (TPSA) is 38.7 Å². The number of aliphatic hydroxyl groups is 1. The van der Waals surface area contributed by atoms with Crippen molar-refractivity contribution in [2.24, 2.45) is 5.92 Å². The average Bonchev–Trinajstić information content (AvgIpc) is 2.46. The molecule has 5 atom stereocenters. The minimum Gasteiger partial charge on any atom is -0.390 e. The molecule has 0 spiro atoms. The normalized spacial score (nSPS) is 34.1. The molecule has 0 aromatic heterocycles. The third-order valence-electron chi connectivity index (χ3n) is 3.85. The van der Waals surface area contributed by atoms with E-state index < -0.39 is 6.10 Å². The maximum Gasteiger partial charge on any atom is 0.132 e. The van der Waals surface area contributed by atoms with Crippen molar-refractivity contribution in [3.63, 3.8) is 0 Å². The molecule has 20 heavy (non-hydrogen) atoms. The quantitative estimate of drug-likeness (QED) is 0.906. The third kappa shape index (κ3) is 3.76. The molecule has 112 valence electrons. The van der Waals surface area contributed by atoms with Crippen LogP contribution in [0.3, 0.4) is 0 Å². The predicted molar refractivity (Wildman–Crippen MR) is 82.7 cm³/mol. The fourth-order valence-electron chi connectivity index (χ4n) is 2.39. The van der Waals surface area contributed by atoms with Gasteiger partial charge in [0.25, 0.3) is 0 Å². The van der Waals surface area contributed by atoms with E-state index >= 15 is 0 Å². The number of hydrogen-bond donors (Lipinski definition) is 1. The lowest BCUT2D eigenvalue weighted by Gasteiger charge is -2.42. The summed E-state index contributed by atoms with van der Waals surface area (Å²) in [5, 5.41) is 10.5. The van der Waals surface area contributed by atoms with Gasteiger partial charge in [-0.1, -0.05) is 44.2 Å². The monoisotopic (exact) mass is 296 g/mol. The van der Waals surface area contributed by atoms with Crippen molar-refractivity contribution < 1.29 is 14.6 Å². The highest BCUT2D eigenvalue weighted by molar-refractivity contribution is 7.99. The Hall–Kier alpha value is -0.550. The number of benzene rings is 1. The Morgan fingerprint density at radius 3 is 2.60 bits per heavy atom. The van der Waals surface area contributed by atoms with Gasteiger partial charge in [-0.3, -0.25) is 0 Å². The number of rotatable bonds is 5. The lowest BCUT2D eigenvalue weighted by molar-refractivity contribution is -0.184. The summed E-state index contributed by atoms with van der Waals surface area (Å²) in [7, 11) is 0. The summed E-state index contributed by atoms with van der Waals surface area (Å²) in [5.74, 6) is 1.04. The molecule has 0 saturated carbocycles. The molecule has 2 rings (SSSR count). The van der Waals surface area contributed by atoms with Crippen molar-refractivity contribution >= 4 is 11.8 Å². The molecule has 4 heteroatoms.